The van der Waals surface area contributed by atoms with Gasteiger partial charge in [0.25, 0.3) is 5.56 Å². The van der Waals surface area contributed by atoms with Gasteiger partial charge in [-0.2, -0.15) is 5.10 Å². The van der Waals surface area contributed by atoms with Gasteiger partial charge in [0, 0.05) is 23.5 Å². The second kappa shape index (κ2) is 5.94. The van der Waals surface area contributed by atoms with E-state index in [0.717, 1.165) is 23.6 Å². The molecule has 0 saturated carbocycles. The molecule has 4 aromatic rings. The molecule has 0 radical (unpaired) electrons. The maximum atomic E-state index is 13.7. The van der Waals surface area contributed by atoms with Crippen molar-refractivity contribution in [2.45, 2.75) is 27.3 Å². The molecule has 0 atom stereocenters. The highest BCUT2D eigenvalue weighted by Crippen LogP contribution is 2.31. The molecule has 0 spiro atoms. The van der Waals surface area contributed by atoms with Crippen LogP contribution in [0.1, 0.15) is 18.3 Å². The number of halogens is 1. The number of nitrogens with zero attached hydrogens (tertiary/aromatic N) is 3. The van der Waals surface area contributed by atoms with Crippen LogP contribution in [0.25, 0.3) is 21.7 Å². The molecule has 6 nitrogen and oxygen atoms in total. The summed E-state index contributed by atoms with van der Waals surface area (Å²) < 4.78 is 15.6. The Kier molecular flexibility index (Phi) is 3.72. The molecule has 0 amide bonds. The molecule has 0 aliphatic heterocycles. The molecule has 0 unspecified atom stereocenters. The van der Waals surface area contributed by atoms with Crippen LogP contribution in [0.2, 0.25) is 0 Å². The first-order chi connectivity index (χ1) is 12.5. The van der Waals surface area contributed by atoms with Crippen molar-refractivity contribution in [1.29, 1.82) is 0 Å². The predicted octanol–water partition coefficient (Wildman–Crippen LogP) is 3.79. The quantitative estimate of drug-likeness (QED) is 0.551. The van der Waals surface area contributed by atoms with E-state index in [4.69, 9.17) is 0 Å². The standard InChI is InChI=1S/C19H18FN5O/c1-4-25-11(3)17(10(2)24-25)23-18-13-7-8-21-19(26)16(13)14-9-12(20)5-6-15(14)22-18/h5-9H,4H2,1-3H3,(H,21,26)(H,22,23). The molecule has 3 heterocycles. The molecular weight excluding hydrogens is 333 g/mol. The van der Waals surface area contributed by atoms with Crippen molar-refractivity contribution in [3.05, 3.63) is 58.0 Å². The second-order valence-corrected chi connectivity index (χ2v) is 6.20. The number of aromatic amines is 1. The molecule has 0 aliphatic rings. The van der Waals surface area contributed by atoms with E-state index in [0.29, 0.717) is 27.5 Å². The topological polar surface area (TPSA) is 75.6 Å². The molecule has 0 saturated heterocycles. The molecule has 0 aliphatic carbocycles. The Balaban J connectivity index is 2.01. The summed E-state index contributed by atoms with van der Waals surface area (Å²) >= 11 is 0. The lowest BCUT2D eigenvalue weighted by Gasteiger charge is -2.12. The van der Waals surface area contributed by atoms with Gasteiger partial charge in [-0.15, -0.1) is 0 Å². The Morgan fingerprint density at radius 3 is 2.77 bits per heavy atom. The Morgan fingerprint density at radius 2 is 2.04 bits per heavy atom. The molecule has 3 aromatic heterocycles. The number of aryl methyl sites for hydroxylation is 2. The highest BCUT2D eigenvalue weighted by Gasteiger charge is 2.16. The molecule has 26 heavy (non-hydrogen) atoms. The highest BCUT2D eigenvalue weighted by atomic mass is 19.1. The smallest absolute Gasteiger partial charge is 0.256 e. The van der Waals surface area contributed by atoms with Crippen LogP contribution in [0.4, 0.5) is 15.9 Å². The molecule has 7 heteroatoms. The molecular formula is C19H18FN5O. The van der Waals surface area contributed by atoms with Crippen LogP contribution in [0.5, 0.6) is 0 Å². The van der Waals surface area contributed by atoms with Gasteiger partial charge in [0.1, 0.15) is 11.6 Å². The first-order valence-corrected chi connectivity index (χ1v) is 8.41. The van der Waals surface area contributed by atoms with Crippen LogP contribution in [0, 0.1) is 19.7 Å². The van der Waals surface area contributed by atoms with Crippen LogP contribution in [-0.4, -0.2) is 19.7 Å². The Morgan fingerprint density at radius 1 is 1.23 bits per heavy atom. The molecule has 0 bridgehead atoms. The fourth-order valence-electron chi connectivity index (χ4n) is 3.33. The predicted molar refractivity (Wildman–Crippen MR) is 100 cm³/mol. The summed E-state index contributed by atoms with van der Waals surface area (Å²) in [5.74, 6) is 0.146. The minimum atomic E-state index is -0.402. The van der Waals surface area contributed by atoms with E-state index in [2.05, 4.69) is 20.4 Å². The maximum absolute atomic E-state index is 13.7. The Hall–Kier alpha value is -3.22. The zero-order chi connectivity index (χ0) is 18.4. The van der Waals surface area contributed by atoms with Crippen molar-refractivity contribution in [2.24, 2.45) is 0 Å². The van der Waals surface area contributed by atoms with Gasteiger partial charge in [0.15, 0.2) is 0 Å². The number of pyridine rings is 2. The maximum Gasteiger partial charge on any atom is 0.256 e. The lowest BCUT2D eigenvalue weighted by molar-refractivity contribution is 0.629. The van der Waals surface area contributed by atoms with Crippen molar-refractivity contribution >= 4 is 33.2 Å². The summed E-state index contributed by atoms with van der Waals surface area (Å²) in [5, 5.41) is 9.38. The van der Waals surface area contributed by atoms with Crippen LogP contribution in [-0.2, 0) is 6.54 Å². The van der Waals surface area contributed by atoms with Gasteiger partial charge in [-0.25, -0.2) is 9.37 Å². The van der Waals surface area contributed by atoms with Gasteiger partial charge in [0.05, 0.1) is 28.0 Å². The van der Waals surface area contributed by atoms with E-state index in [1.54, 1.807) is 18.3 Å². The van der Waals surface area contributed by atoms with Gasteiger partial charge in [0.2, 0.25) is 0 Å². The van der Waals surface area contributed by atoms with Gasteiger partial charge >= 0.3 is 0 Å². The number of benzene rings is 1. The number of nitrogens with one attached hydrogen (secondary N) is 2. The average Bonchev–Trinajstić information content (AvgIpc) is 2.89. The lowest BCUT2D eigenvalue weighted by Crippen LogP contribution is -2.08. The van der Waals surface area contributed by atoms with Crippen LogP contribution < -0.4 is 10.9 Å². The summed E-state index contributed by atoms with van der Waals surface area (Å²) in [6, 6.07) is 6.03. The first-order valence-electron chi connectivity index (χ1n) is 8.41. The molecule has 132 valence electrons. The number of hydrogen-bond acceptors (Lipinski definition) is 4. The zero-order valence-electron chi connectivity index (χ0n) is 14.7. The third-order valence-corrected chi connectivity index (χ3v) is 4.60. The fourth-order valence-corrected chi connectivity index (χ4v) is 3.33. The summed E-state index contributed by atoms with van der Waals surface area (Å²) in [5.41, 5.74) is 2.98. The van der Waals surface area contributed by atoms with E-state index in [-0.39, 0.29) is 5.56 Å². The summed E-state index contributed by atoms with van der Waals surface area (Å²) in [6.07, 6.45) is 1.57. The first kappa shape index (κ1) is 16.3. The van der Waals surface area contributed by atoms with Crippen molar-refractivity contribution in [1.82, 2.24) is 19.7 Å². The number of H-pyrrole nitrogens is 1. The van der Waals surface area contributed by atoms with Gasteiger partial charge in [-0.3, -0.25) is 9.48 Å². The van der Waals surface area contributed by atoms with Crippen LogP contribution in [0.15, 0.2) is 35.3 Å². The lowest BCUT2D eigenvalue weighted by atomic mass is 10.1. The van der Waals surface area contributed by atoms with Crippen molar-refractivity contribution in [2.75, 3.05) is 5.32 Å². The van der Waals surface area contributed by atoms with Crippen LogP contribution in [0.3, 0.4) is 0 Å². The zero-order valence-corrected chi connectivity index (χ0v) is 14.7. The second-order valence-electron chi connectivity index (χ2n) is 6.20. The van der Waals surface area contributed by atoms with E-state index in [9.17, 15) is 9.18 Å². The molecule has 0 fully saturated rings. The van der Waals surface area contributed by atoms with Gasteiger partial charge in [-0.1, -0.05) is 0 Å². The molecule has 4 rings (SSSR count). The summed E-state index contributed by atoms with van der Waals surface area (Å²) in [4.78, 5) is 19.7. The van der Waals surface area contributed by atoms with Gasteiger partial charge < -0.3 is 10.3 Å². The van der Waals surface area contributed by atoms with Crippen molar-refractivity contribution in [3.63, 3.8) is 0 Å². The van der Waals surface area contributed by atoms with E-state index in [1.807, 2.05) is 25.5 Å². The molecule has 2 N–H and O–H groups in total. The third-order valence-electron chi connectivity index (χ3n) is 4.60. The van der Waals surface area contributed by atoms with Gasteiger partial charge in [-0.05, 0) is 45.0 Å². The van der Waals surface area contributed by atoms with Crippen LogP contribution >= 0.6 is 0 Å². The number of fused-ring (bicyclic) bond motifs is 3. The number of hydrogen-bond donors (Lipinski definition) is 2. The SMILES string of the molecule is CCn1nc(C)c(Nc2nc3ccc(F)cc3c3c(=O)[nH]ccc23)c1C. The summed E-state index contributed by atoms with van der Waals surface area (Å²) in [7, 11) is 0. The van der Waals surface area contributed by atoms with E-state index in [1.165, 1.54) is 12.1 Å². The number of aromatic nitrogens is 4. The normalized spacial score (nSPS) is 11.4. The fraction of sp³-hybridized carbons (Fsp3) is 0.211. The number of rotatable bonds is 3. The minimum absolute atomic E-state index is 0.277. The largest absolute Gasteiger partial charge is 0.337 e. The Bertz CT molecular complexity index is 1210. The van der Waals surface area contributed by atoms with Crippen molar-refractivity contribution < 1.29 is 4.39 Å². The van der Waals surface area contributed by atoms with E-state index >= 15 is 0 Å². The summed E-state index contributed by atoms with van der Waals surface area (Å²) in [6.45, 7) is 6.70. The van der Waals surface area contributed by atoms with Crippen molar-refractivity contribution in [3.8, 4) is 0 Å². The van der Waals surface area contributed by atoms with E-state index < -0.39 is 5.82 Å². The third kappa shape index (κ3) is 2.44. The minimum Gasteiger partial charge on any atom is -0.337 e. The highest BCUT2D eigenvalue weighted by molar-refractivity contribution is 6.10. The molecule has 1 aromatic carbocycles. The number of anilines is 2. The average molecular weight is 351 g/mol. The monoisotopic (exact) mass is 351 g/mol. The Labute approximate surface area is 148 Å².